The average molecular weight is 464 g/mol. The number of nitrogens with one attached hydrogen (secondary N) is 2. The molecule has 10 heteroatoms. The molecule has 0 aliphatic carbocycles. The van der Waals surface area contributed by atoms with Crippen molar-refractivity contribution in [2.24, 2.45) is 0 Å². The molecule has 0 spiro atoms. The third kappa shape index (κ3) is 4.20. The first-order chi connectivity index (χ1) is 15.8. The topological polar surface area (TPSA) is 105 Å². The Morgan fingerprint density at radius 3 is 2.73 bits per heavy atom. The minimum absolute atomic E-state index is 0. The van der Waals surface area contributed by atoms with Gasteiger partial charge in [-0.2, -0.15) is 10.1 Å². The molecule has 0 unspecified atom stereocenters. The predicted molar refractivity (Wildman–Crippen MR) is 129 cm³/mol. The second-order valence-electron chi connectivity index (χ2n) is 7.67. The van der Waals surface area contributed by atoms with Gasteiger partial charge in [0.1, 0.15) is 11.3 Å². The summed E-state index contributed by atoms with van der Waals surface area (Å²) in [6.07, 6.45) is 2.46. The SMILES string of the molecule is Cl.c1ccc(Cc2cc(Nc3nc(N4CCOCC4)c4oc5ncccc5c4n3)[nH]n2)cc1. The Balaban J connectivity index is 0.00000228. The number of aromatic nitrogens is 5. The van der Waals surface area contributed by atoms with Crippen LogP contribution in [0.2, 0.25) is 0 Å². The number of hydrogen-bond donors (Lipinski definition) is 2. The average Bonchev–Trinajstić information content (AvgIpc) is 3.44. The van der Waals surface area contributed by atoms with Crippen LogP contribution < -0.4 is 10.2 Å². The van der Waals surface area contributed by atoms with Gasteiger partial charge in [0.05, 0.1) is 24.3 Å². The number of H-pyrrole nitrogens is 1. The molecule has 1 aliphatic heterocycles. The smallest absolute Gasteiger partial charge is 0.231 e. The van der Waals surface area contributed by atoms with Crippen molar-refractivity contribution in [3.05, 3.63) is 66.0 Å². The van der Waals surface area contributed by atoms with Crippen molar-refractivity contribution >= 4 is 52.2 Å². The van der Waals surface area contributed by atoms with E-state index in [2.05, 4.69) is 37.5 Å². The minimum atomic E-state index is 0. The van der Waals surface area contributed by atoms with Gasteiger partial charge in [-0.05, 0) is 17.7 Å². The standard InChI is InChI=1S/C23H21N7O2.ClH/c1-2-5-15(6-3-1)13-16-14-18(29-28-16)25-23-26-19-17-7-4-8-24-22(17)32-20(19)21(27-23)30-9-11-31-12-10-30;/h1-8,14H,9-13H2,(H2,25,26,27,28,29);1H. The van der Waals surface area contributed by atoms with E-state index in [0.717, 1.165) is 47.7 Å². The first-order valence-corrected chi connectivity index (χ1v) is 10.6. The third-order valence-electron chi connectivity index (χ3n) is 5.49. The van der Waals surface area contributed by atoms with E-state index in [4.69, 9.17) is 19.1 Å². The fraction of sp³-hybridized carbons (Fsp3) is 0.217. The number of fused-ring (bicyclic) bond motifs is 3. The lowest BCUT2D eigenvalue weighted by molar-refractivity contribution is 0.122. The minimum Gasteiger partial charge on any atom is -0.432 e. The largest absolute Gasteiger partial charge is 0.432 e. The quantitative estimate of drug-likeness (QED) is 0.401. The lowest BCUT2D eigenvalue weighted by Gasteiger charge is -2.27. The zero-order chi connectivity index (χ0) is 21.3. The summed E-state index contributed by atoms with van der Waals surface area (Å²) >= 11 is 0. The lowest BCUT2D eigenvalue weighted by atomic mass is 10.1. The van der Waals surface area contributed by atoms with E-state index >= 15 is 0 Å². The Morgan fingerprint density at radius 1 is 1.03 bits per heavy atom. The van der Waals surface area contributed by atoms with E-state index < -0.39 is 0 Å². The van der Waals surface area contributed by atoms with Crippen LogP contribution in [-0.2, 0) is 11.2 Å². The monoisotopic (exact) mass is 463 g/mol. The zero-order valence-electron chi connectivity index (χ0n) is 17.7. The first kappa shape index (κ1) is 21.2. The molecule has 1 aromatic carbocycles. The van der Waals surface area contributed by atoms with E-state index in [1.807, 2.05) is 36.4 Å². The zero-order valence-corrected chi connectivity index (χ0v) is 18.5. The molecule has 168 valence electrons. The number of anilines is 3. The van der Waals surface area contributed by atoms with E-state index in [1.54, 1.807) is 6.20 Å². The number of hydrogen-bond acceptors (Lipinski definition) is 8. The molecular formula is C23H22ClN7O2. The summed E-state index contributed by atoms with van der Waals surface area (Å²) in [5, 5.41) is 11.6. The fourth-order valence-electron chi connectivity index (χ4n) is 3.95. The Hall–Kier alpha value is -3.69. The predicted octanol–water partition coefficient (Wildman–Crippen LogP) is 4.09. The molecule has 5 aromatic rings. The van der Waals surface area contributed by atoms with Crippen LogP contribution in [0.15, 0.2) is 59.1 Å². The highest BCUT2D eigenvalue weighted by Crippen LogP contribution is 2.33. The second kappa shape index (κ2) is 9.05. The molecule has 1 aliphatic rings. The maximum Gasteiger partial charge on any atom is 0.231 e. The van der Waals surface area contributed by atoms with Gasteiger partial charge < -0.3 is 19.4 Å². The van der Waals surface area contributed by atoms with Crippen LogP contribution in [0, 0.1) is 0 Å². The number of rotatable bonds is 5. The number of ether oxygens (including phenoxy) is 1. The highest BCUT2D eigenvalue weighted by Gasteiger charge is 2.22. The molecule has 0 amide bonds. The summed E-state index contributed by atoms with van der Waals surface area (Å²) in [6, 6.07) is 16.1. The number of furan rings is 1. The van der Waals surface area contributed by atoms with Crippen molar-refractivity contribution in [1.29, 1.82) is 0 Å². The van der Waals surface area contributed by atoms with E-state index in [-0.39, 0.29) is 12.4 Å². The molecule has 4 aromatic heterocycles. The van der Waals surface area contributed by atoms with Gasteiger partial charge in [-0.15, -0.1) is 12.4 Å². The second-order valence-corrected chi connectivity index (χ2v) is 7.67. The molecule has 0 radical (unpaired) electrons. The Morgan fingerprint density at radius 2 is 1.88 bits per heavy atom. The third-order valence-corrected chi connectivity index (χ3v) is 5.49. The summed E-state index contributed by atoms with van der Waals surface area (Å²) < 4.78 is 11.6. The molecule has 1 saturated heterocycles. The van der Waals surface area contributed by atoms with E-state index in [0.29, 0.717) is 30.5 Å². The van der Waals surface area contributed by atoms with Crippen LogP contribution in [-0.4, -0.2) is 51.5 Å². The van der Waals surface area contributed by atoms with Crippen molar-refractivity contribution in [2.75, 3.05) is 36.5 Å². The maximum atomic E-state index is 6.05. The van der Waals surface area contributed by atoms with Crippen LogP contribution in [0.4, 0.5) is 17.6 Å². The van der Waals surface area contributed by atoms with Crippen LogP contribution in [0.1, 0.15) is 11.3 Å². The highest BCUT2D eigenvalue weighted by molar-refractivity contribution is 6.05. The van der Waals surface area contributed by atoms with Crippen molar-refractivity contribution in [3.8, 4) is 0 Å². The van der Waals surface area contributed by atoms with Gasteiger partial charge in [0, 0.05) is 31.8 Å². The lowest BCUT2D eigenvalue weighted by Crippen LogP contribution is -2.37. The fourth-order valence-corrected chi connectivity index (χ4v) is 3.95. The van der Waals surface area contributed by atoms with Gasteiger partial charge in [0.25, 0.3) is 0 Å². The molecule has 33 heavy (non-hydrogen) atoms. The van der Waals surface area contributed by atoms with Crippen LogP contribution in [0.5, 0.6) is 0 Å². The summed E-state index contributed by atoms with van der Waals surface area (Å²) in [7, 11) is 0. The first-order valence-electron chi connectivity index (χ1n) is 10.6. The molecule has 2 N–H and O–H groups in total. The maximum absolute atomic E-state index is 6.05. The van der Waals surface area contributed by atoms with Gasteiger partial charge in [-0.1, -0.05) is 30.3 Å². The number of pyridine rings is 1. The van der Waals surface area contributed by atoms with E-state index in [9.17, 15) is 0 Å². The van der Waals surface area contributed by atoms with Crippen LogP contribution in [0.3, 0.4) is 0 Å². The number of morpholine rings is 1. The Bertz CT molecular complexity index is 1380. The molecular weight excluding hydrogens is 442 g/mol. The Labute approximate surface area is 195 Å². The van der Waals surface area contributed by atoms with Crippen molar-refractivity contribution in [2.45, 2.75) is 6.42 Å². The summed E-state index contributed by atoms with van der Waals surface area (Å²) in [4.78, 5) is 16.0. The Kier molecular flexibility index (Phi) is 5.80. The molecule has 0 saturated carbocycles. The molecule has 9 nitrogen and oxygen atoms in total. The molecule has 0 bridgehead atoms. The summed E-state index contributed by atoms with van der Waals surface area (Å²) in [5.74, 6) is 1.94. The van der Waals surface area contributed by atoms with Crippen molar-refractivity contribution in [3.63, 3.8) is 0 Å². The molecule has 1 fully saturated rings. The van der Waals surface area contributed by atoms with Crippen molar-refractivity contribution < 1.29 is 9.15 Å². The highest BCUT2D eigenvalue weighted by atomic mass is 35.5. The van der Waals surface area contributed by atoms with Gasteiger partial charge in [-0.3, -0.25) is 5.10 Å². The number of halogens is 1. The number of aromatic amines is 1. The summed E-state index contributed by atoms with van der Waals surface area (Å²) in [6.45, 7) is 2.77. The van der Waals surface area contributed by atoms with Crippen LogP contribution in [0.25, 0.3) is 22.2 Å². The van der Waals surface area contributed by atoms with Gasteiger partial charge in [0.15, 0.2) is 11.4 Å². The van der Waals surface area contributed by atoms with E-state index in [1.165, 1.54) is 5.56 Å². The van der Waals surface area contributed by atoms with Crippen LogP contribution >= 0.6 is 12.4 Å². The normalized spacial score (nSPS) is 13.9. The van der Waals surface area contributed by atoms with Gasteiger partial charge in [-0.25, -0.2) is 9.97 Å². The summed E-state index contributed by atoms with van der Waals surface area (Å²) in [5.41, 5.74) is 4.06. The number of benzene rings is 1. The van der Waals surface area contributed by atoms with Crippen molar-refractivity contribution in [1.82, 2.24) is 25.1 Å². The van der Waals surface area contributed by atoms with Gasteiger partial charge >= 0.3 is 0 Å². The molecule has 5 heterocycles. The number of nitrogens with zero attached hydrogens (tertiary/aromatic N) is 5. The molecule has 0 atom stereocenters. The van der Waals surface area contributed by atoms with Gasteiger partial charge in [0.2, 0.25) is 11.7 Å². The molecule has 6 rings (SSSR count).